The number of benzene rings is 2. The molecule has 0 aliphatic rings. The molecule has 104 valence electrons. The van der Waals surface area contributed by atoms with Crippen LogP contribution < -0.4 is 10.6 Å². The summed E-state index contributed by atoms with van der Waals surface area (Å²) in [5.41, 5.74) is 7.48. The Hall–Kier alpha value is -2.01. The van der Waals surface area contributed by atoms with E-state index in [2.05, 4.69) is 0 Å². The van der Waals surface area contributed by atoms with Crippen molar-refractivity contribution in [1.82, 2.24) is 0 Å². The first-order chi connectivity index (χ1) is 9.49. The summed E-state index contributed by atoms with van der Waals surface area (Å²) in [7, 11) is 1.81. The fraction of sp³-hybridized carbons (Fsp3) is 0.133. The van der Waals surface area contributed by atoms with Crippen molar-refractivity contribution < 1.29 is 8.78 Å². The molecule has 5 heteroatoms. The Morgan fingerprint density at radius 1 is 1.15 bits per heavy atom. The summed E-state index contributed by atoms with van der Waals surface area (Å²) in [6.07, 6.45) is 0. The summed E-state index contributed by atoms with van der Waals surface area (Å²) in [4.78, 5) is 2.15. The molecule has 0 saturated carbocycles. The van der Waals surface area contributed by atoms with Gasteiger partial charge in [-0.2, -0.15) is 0 Å². The van der Waals surface area contributed by atoms with E-state index in [1.807, 2.05) is 17.0 Å². The Morgan fingerprint density at radius 2 is 1.80 bits per heavy atom. The molecule has 0 unspecified atom stereocenters. The third-order valence-corrected chi connectivity index (χ3v) is 3.27. The van der Waals surface area contributed by atoms with E-state index in [1.165, 1.54) is 6.07 Å². The van der Waals surface area contributed by atoms with Crippen LogP contribution in [0.3, 0.4) is 0 Å². The molecule has 0 fully saturated rings. The molecule has 0 atom stereocenters. The highest BCUT2D eigenvalue weighted by Gasteiger charge is 2.10. The van der Waals surface area contributed by atoms with Gasteiger partial charge in [0.25, 0.3) is 0 Å². The van der Waals surface area contributed by atoms with Crippen LogP contribution in [0.4, 0.5) is 14.5 Å². The average Bonchev–Trinajstić information content (AvgIpc) is 2.44. The van der Waals surface area contributed by atoms with Crippen molar-refractivity contribution in [3.05, 3.63) is 65.2 Å². The molecule has 0 amide bonds. The largest absolute Gasteiger partial charge is 0.389 e. The molecule has 20 heavy (non-hydrogen) atoms. The van der Waals surface area contributed by atoms with Crippen LogP contribution in [-0.4, -0.2) is 12.0 Å². The molecule has 0 saturated heterocycles. The topological polar surface area (TPSA) is 29.3 Å². The Bertz CT molecular complexity index is 626. The van der Waals surface area contributed by atoms with Crippen LogP contribution in [0, 0.1) is 11.6 Å². The first-order valence-corrected chi connectivity index (χ1v) is 6.43. The predicted molar refractivity (Wildman–Crippen MR) is 80.8 cm³/mol. The highest BCUT2D eigenvalue weighted by atomic mass is 32.1. The van der Waals surface area contributed by atoms with Gasteiger partial charge in [0, 0.05) is 30.4 Å². The lowest BCUT2D eigenvalue weighted by molar-refractivity contribution is 0.498. The third-order valence-electron chi connectivity index (χ3n) is 3.03. The summed E-state index contributed by atoms with van der Waals surface area (Å²) in [5, 5.41) is 0. The second kappa shape index (κ2) is 5.96. The molecule has 2 nitrogen and oxygen atoms in total. The lowest BCUT2D eigenvalue weighted by Gasteiger charge is -2.20. The minimum Gasteiger partial charge on any atom is -0.389 e. The Balaban J connectivity index is 2.17. The van der Waals surface area contributed by atoms with Gasteiger partial charge in [-0.05, 0) is 30.3 Å². The van der Waals surface area contributed by atoms with Gasteiger partial charge in [0.15, 0.2) is 11.6 Å². The van der Waals surface area contributed by atoms with Gasteiger partial charge in [-0.25, -0.2) is 8.78 Å². The molecule has 2 N–H and O–H groups in total. The third kappa shape index (κ3) is 3.11. The summed E-state index contributed by atoms with van der Waals surface area (Å²) in [6.45, 7) is 0.274. The molecule has 2 rings (SSSR count). The van der Waals surface area contributed by atoms with E-state index in [9.17, 15) is 8.78 Å². The smallest absolute Gasteiger partial charge is 0.163 e. The molecule has 0 aliphatic heterocycles. The number of nitrogens with two attached hydrogens (primary N) is 1. The van der Waals surface area contributed by atoms with Crippen molar-refractivity contribution in [2.24, 2.45) is 5.73 Å². The van der Waals surface area contributed by atoms with E-state index >= 15 is 0 Å². The Morgan fingerprint density at radius 3 is 2.40 bits per heavy atom. The van der Waals surface area contributed by atoms with Crippen molar-refractivity contribution >= 4 is 22.9 Å². The number of rotatable bonds is 4. The van der Waals surface area contributed by atoms with Gasteiger partial charge in [-0.1, -0.05) is 24.4 Å². The van der Waals surface area contributed by atoms with Gasteiger partial charge in [-0.3, -0.25) is 0 Å². The molecular formula is C15H14F2N2S. The first-order valence-electron chi connectivity index (χ1n) is 6.03. The zero-order valence-electron chi connectivity index (χ0n) is 10.9. The van der Waals surface area contributed by atoms with Crippen LogP contribution in [0.25, 0.3) is 0 Å². The number of halogens is 2. The summed E-state index contributed by atoms with van der Waals surface area (Å²) in [6, 6.07) is 11.5. The molecule has 0 aromatic heterocycles. The van der Waals surface area contributed by atoms with Gasteiger partial charge in [-0.15, -0.1) is 0 Å². The van der Waals surface area contributed by atoms with E-state index in [-0.39, 0.29) is 6.54 Å². The maximum absolute atomic E-state index is 13.6. The van der Waals surface area contributed by atoms with E-state index in [0.29, 0.717) is 10.6 Å². The summed E-state index contributed by atoms with van der Waals surface area (Å²) >= 11 is 4.88. The molecule has 0 aliphatic carbocycles. The zero-order valence-corrected chi connectivity index (χ0v) is 11.8. The van der Waals surface area contributed by atoms with Crippen molar-refractivity contribution in [3.63, 3.8) is 0 Å². The second-order valence-corrected chi connectivity index (χ2v) is 4.92. The highest BCUT2D eigenvalue weighted by Crippen LogP contribution is 2.19. The van der Waals surface area contributed by atoms with Crippen molar-refractivity contribution in [1.29, 1.82) is 0 Å². The average molecular weight is 292 g/mol. The number of anilines is 1. The number of thiocarbonyl (C=S) groups is 1. The van der Waals surface area contributed by atoms with E-state index in [4.69, 9.17) is 18.0 Å². The maximum Gasteiger partial charge on any atom is 0.163 e. The van der Waals surface area contributed by atoms with E-state index < -0.39 is 11.6 Å². The monoisotopic (exact) mass is 292 g/mol. The molecule has 0 bridgehead atoms. The number of hydrogen-bond donors (Lipinski definition) is 1. The number of nitrogens with zero attached hydrogens (tertiary/aromatic N) is 1. The van der Waals surface area contributed by atoms with Gasteiger partial charge in [0.2, 0.25) is 0 Å². The normalized spacial score (nSPS) is 10.3. The zero-order chi connectivity index (χ0) is 14.7. The fourth-order valence-electron chi connectivity index (χ4n) is 1.90. The molecule has 2 aromatic carbocycles. The standard InChI is InChI=1S/C15H14F2N2S/c1-19(9-11-3-2-4-13(16)14(11)17)12-7-5-10(6-8-12)15(18)20/h2-8H,9H2,1H3,(H2,18,20). The lowest BCUT2D eigenvalue weighted by Crippen LogP contribution is -2.18. The molecule has 2 aromatic rings. The SMILES string of the molecule is CN(Cc1cccc(F)c1F)c1ccc(C(N)=S)cc1. The first kappa shape index (κ1) is 14.4. The predicted octanol–water partition coefficient (Wildman–Crippen LogP) is 3.24. The molecule has 0 radical (unpaired) electrons. The van der Waals surface area contributed by atoms with Crippen LogP contribution in [-0.2, 0) is 6.54 Å². The molecular weight excluding hydrogens is 278 g/mol. The van der Waals surface area contributed by atoms with Gasteiger partial charge >= 0.3 is 0 Å². The van der Waals surface area contributed by atoms with Crippen molar-refractivity contribution in [2.75, 3.05) is 11.9 Å². The van der Waals surface area contributed by atoms with Gasteiger partial charge < -0.3 is 10.6 Å². The summed E-state index contributed by atoms with van der Waals surface area (Å²) < 4.78 is 26.8. The highest BCUT2D eigenvalue weighted by molar-refractivity contribution is 7.80. The van der Waals surface area contributed by atoms with Crippen LogP contribution in [0.2, 0.25) is 0 Å². The number of hydrogen-bond acceptors (Lipinski definition) is 2. The second-order valence-electron chi connectivity index (χ2n) is 4.48. The fourth-order valence-corrected chi connectivity index (χ4v) is 2.03. The summed E-state index contributed by atoms with van der Waals surface area (Å²) in [5.74, 6) is -1.64. The maximum atomic E-state index is 13.6. The van der Waals surface area contributed by atoms with Crippen LogP contribution in [0.15, 0.2) is 42.5 Å². The molecule has 0 heterocycles. The minimum atomic E-state index is -0.834. The Kier molecular flexibility index (Phi) is 4.29. The van der Waals surface area contributed by atoms with Crippen molar-refractivity contribution in [2.45, 2.75) is 6.54 Å². The van der Waals surface area contributed by atoms with E-state index in [0.717, 1.165) is 17.3 Å². The Labute approximate surface area is 121 Å². The lowest BCUT2D eigenvalue weighted by atomic mass is 10.1. The van der Waals surface area contributed by atoms with Crippen LogP contribution >= 0.6 is 12.2 Å². The molecule has 0 spiro atoms. The van der Waals surface area contributed by atoms with Gasteiger partial charge in [0.1, 0.15) is 4.99 Å². The van der Waals surface area contributed by atoms with Crippen LogP contribution in [0.5, 0.6) is 0 Å². The van der Waals surface area contributed by atoms with Crippen molar-refractivity contribution in [3.8, 4) is 0 Å². The van der Waals surface area contributed by atoms with Crippen LogP contribution in [0.1, 0.15) is 11.1 Å². The quantitative estimate of drug-likeness (QED) is 0.877. The minimum absolute atomic E-state index is 0.274. The van der Waals surface area contributed by atoms with E-state index in [1.54, 1.807) is 25.2 Å². The van der Waals surface area contributed by atoms with Gasteiger partial charge in [0.05, 0.1) is 0 Å².